The van der Waals surface area contributed by atoms with Gasteiger partial charge in [-0.3, -0.25) is 0 Å². The van der Waals surface area contributed by atoms with E-state index in [1.54, 1.807) is 0 Å². The van der Waals surface area contributed by atoms with Crippen LogP contribution in [0.4, 0.5) is 0 Å². The highest BCUT2D eigenvalue weighted by molar-refractivity contribution is 8.00. The van der Waals surface area contributed by atoms with E-state index in [1.165, 1.54) is 25.7 Å². The van der Waals surface area contributed by atoms with Gasteiger partial charge in [0.2, 0.25) is 0 Å². The van der Waals surface area contributed by atoms with Gasteiger partial charge in [0.1, 0.15) is 4.93 Å². The maximum absolute atomic E-state index is 6.06. The summed E-state index contributed by atoms with van der Waals surface area (Å²) in [7, 11) is 0. The molecule has 1 nitrogen and oxygen atoms in total. The second-order valence-corrected chi connectivity index (χ2v) is 7.53. The van der Waals surface area contributed by atoms with Crippen LogP contribution in [0.2, 0.25) is 10.0 Å². The Balaban J connectivity index is 2.01. The molecule has 116 valence electrons. The number of hydrogen-bond donors (Lipinski definition) is 0. The van der Waals surface area contributed by atoms with E-state index in [-0.39, 0.29) is 4.93 Å². The number of unbranched alkanes of at least 4 members (excludes halogenated alkanes) is 3. The topological polar surface area (TPSA) is 9.23 Å². The van der Waals surface area contributed by atoms with Crippen molar-refractivity contribution in [3.05, 3.63) is 39.9 Å². The van der Waals surface area contributed by atoms with Crippen molar-refractivity contribution >= 4 is 41.0 Å². The van der Waals surface area contributed by atoms with Gasteiger partial charge in [-0.25, -0.2) is 0 Å². The fourth-order valence-electron chi connectivity index (χ4n) is 2.43. The minimum Gasteiger partial charge on any atom is -0.360 e. The van der Waals surface area contributed by atoms with Crippen LogP contribution in [0.3, 0.4) is 0 Å². The van der Waals surface area contributed by atoms with Crippen LogP contribution in [0, 0.1) is 0 Å². The highest BCUT2D eigenvalue weighted by Gasteiger charge is 2.32. The smallest absolute Gasteiger partial charge is 0.132 e. The molecule has 0 N–H and O–H groups in total. The molecule has 4 heteroatoms. The van der Waals surface area contributed by atoms with Crippen LogP contribution in [0.5, 0.6) is 0 Å². The van der Waals surface area contributed by atoms with Crippen molar-refractivity contribution < 1.29 is 4.74 Å². The lowest BCUT2D eigenvalue weighted by molar-refractivity contribution is 0.0797. The van der Waals surface area contributed by atoms with E-state index in [0.29, 0.717) is 10.0 Å². The van der Waals surface area contributed by atoms with Crippen molar-refractivity contribution in [1.82, 2.24) is 0 Å². The van der Waals surface area contributed by atoms with Crippen molar-refractivity contribution in [1.29, 1.82) is 0 Å². The molecular formula is C17H22Cl2OS. The highest BCUT2D eigenvalue weighted by Crippen LogP contribution is 2.39. The van der Waals surface area contributed by atoms with Crippen molar-refractivity contribution in [2.24, 2.45) is 0 Å². The first-order valence-electron chi connectivity index (χ1n) is 7.57. The van der Waals surface area contributed by atoms with Crippen molar-refractivity contribution in [3.63, 3.8) is 0 Å². The number of rotatable bonds is 7. The van der Waals surface area contributed by atoms with Gasteiger partial charge in [0.15, 0.2) is 0 Å². The lowest BCUT2D eigenvalue weighted by Gasteiger charge is -2.23. The molecule has 1 aromatic carbocycles. The highest BCUT2D eigenvalue weighted by atomic mass is 35.5. The van der Waals surface area contributed by atoms with Crippen LogP contribution >= 0.6 is 35.0 Å². The lowest BCUT2D eigenvalue weighted by atomic mass is 10.1. The molecule has 1 unspecified atom stereocenters. The Labute approximate surface area is 142 Å². The summed E-state index contributed by atoms with van der Waals surface area (Å²) in [6.07, 6.45) is 10.4. The molecule has 0 radical (unpaired) electrons. The van der Waals surface area contributed by atoms with Crippen LogP contribution in [-0.4, -0.2) is 17.3 Å². The normalized spacial score (nSPS) is 22.2. The Morgan fingerprint density at radius 2 is 2.10 bits per heavy atom. The zero-order valence-corrected chi connectivity index (χ0v) is 14.7. The average molecular weight is 345 g/mol. The molecule has 0 aromatic heterocycles. The maximum atomic E-state index is 6.06. The van der Waals surface area contributed by atoms with E-state index >= 15 is 0 Å². The van der Waals surface area contributed by atoms with Crippen molar-refractivity contribution in [2.45, 2.75) is 44.0 Å². The standard InChI is InChI=1S/C17H22Cl2OS/c1-2-3-4-5-9-17(20-11-12-21-17)10-8-14-6-7-15(18)16(19)13-14/h6-8,10,13H,2-5,9,11-12H2,1H3. The minimum absolute atomic E-state index is 0.153. The molecule has 1 aliphatic heterocycles. The summed E-state index contributed by atoms with van der Waals surface area (Å²) in [5.74, 6) is 1.07. The number of ether oxygens (including phenoxy) is 1. The molecule has 1 atom stereocenters. The van der Waals surface area contributed by atoms with E-state index in [9.17, 15) is 0 Å². The Morgan fingerprint density at radius 3 is 2.76 bits per heavy atom. The molecule has 21 heavy (non-hydrogen) atoms. The molecule has 1 saturated heterocycles. The predicted octanol–water partition coefficient (Wildman–Crippen LogP) is 6.44. The van der Waals surface area contributed by atoms with Gasteiger partial charge < -0.3 is 4.74 Å². The van der Waals surface area contributed by atoms with Gasteiger partial charge in [-0.2, -0.15) is 0 Å². The first kappa shape index (κ1) is 17.2. The summed E-state index contributed by atoms with van der Waals surface area (Å²) in [4.78, 5) is -0.153. The molecular weight excluding hydrogens is 323 g/mol. The van der Waals surface area contributed by atoms with Crippen LogP contribution in [0.15, 0.2) is 24.3 Å². The Hall–Kier alpha value is -0.150. The average Bonchev–Trinajstić information content (AvgIpc) is 2.94. The number of hydrogen-bond acceptors (Lipinski definition) is 2. The van der Waals surface area contributed by atoms with Gasteiger partial charge in [-0.05, 0) is 36.6 Å². The largest absolute Gasteiger partial charge is 0.360 e. The second kappa shape index (κ2) is 8.47. The van der Waals surface area contributed by atoms with E-state index in [2.05, 4.69) is 19.1 Å². The fraction of sp³-hybridized carbons (Fsp3) is 0.529. The van der Waals surface area contributed by atoms with Crippen molar-refractivity contribution in [2.75, 3.05) is 12.4 Å². The quantitative estimate of drug-likeness (QED) is 0.526. The van der Waals surface area contributed by atoms with E-state index < -0.39 is 0 Å². The molecule has 1 aliphatic rings. The third kappa shape index (κ3) is 5.21. The summed E-state index contributed by atoms with van der Waals surface area (Å²) in [6, 6.07) is 5.71. The van der Waals surface area contributed by atoms with Gasteiger partial charge >= 0.3 is 0 Å². The summed E-state index contributed by atoms with van der Waals surface area (Å²) in [5, 5.41) is 1.19. The third-order valence-electron chi connectivity index (χ3n) is 3.63. The van der Waals surface area contributed by atoms with Gasteiger partial charge in [0.05, 0.1) is 16.7 Å². The van der Waals surface area contributed by atoms with Crippen LogP contribution in [0.1, 0.15) is 44.6 Å². The molecule has 0 amide bonds. The first-order chi connectivity index (χ1) is 10.2. The molecule has 1 aromatic rings. The van der Waals surface area contributed by atoms with Crippen LogP contribution in [0.25, 0.3) is 6.08 Å². The molecule has 1 fully saturated rings. The van der Waals surface area contributed by atoms with E-state index in [4.69, 9.17) is 27.9 Å². The van der Waals surface area contributed by atoms with Crippen LogP contribution < -0.4 is 0 Å². The van der Waals surface area contributed by atoms with Gasteiger partial charge in [-0.15, -0.1) is 11.8 Å². The summed E-state index contributed by atoms with van der Waals surface area (Å²) < 4.78 is 6.01. The maximum Gasteiger partial charge on any atom is 0.132 e. The third-order valence-corrected chi connectivity index (χ3v) is 5.68. The zero-order valence-electron chi connectivity index (χ0n) is 12.4. The molecule has 0 aliphatic carbocycles. The molecule has 0 saturated carbocycles. The molecule has 0 spiro atoms. The Kier molecular flexibility index (Phi) is 6.94. The summed E-state index contributed by atoms with van der Waals surface area (Å²) in [5.41, 5.74) is 1.06. The van der Waals surface area contributed by atoms with Gasteiger partial charge in [0, 0.05) is 5.75 Å². The SMILES string of the molecule is CCCCCCC1(C=Cc2ccc(Cl)c(Cl)c2)OCCS1. The van der Waals surface area contributed by atoms with Gasteiger partial charge in [-0.1, -0.05) is 61.5 Å². The monoisotopic (exact) mass is 344 g/mol. The summed E-state index contributed by atoms with van der Waals surface area (Å²) >= 11 is 13.9. The summed E-state index contributed by atoms with van der Waals surface area (Å²) in [6.45, 7) is 3.07. The van der Waals surface area contributed by atoms with Crippen LogP contribution in [-0.2, 0) is 4.74 Å². The van der Waals surface area contributed by atoms with Gasteiger partial charge in [0.25, 0.3) is 0 Å². The minimum atomic E-state index is -0.153. The number of benzene rings is 1. The second-order valence-electron chi connectivity index (χ2n) is 5.33. The fourth-order valence-corrected chi connectivity index (χ4v) is 3.87. The predicted molar refractivity (Wildman–Crippen MR) is 95.4 cm³/mol. The zero-order chi connectivity index (χ0) is 15.1. The molecule has 1 heterocycles. The van der Waals surface area contributed by atoms with E-state index in [1.807, 2.05) is 30.0 Å². The molecule has 2 rings (SSSR count). The van der Waals surface area contributed by atoms with Crippen molar-refractivity contribution in [3.8, 4) is 0 Å². The Morgan fingerprint density at radius 1 is 1.24 bits per heavy atom. The number of halogens is 2. The number of thioether (sulfide) groups is 1. The first-order valence-corrected chi connectivity index (χ1v) is 9.31. The lowest BCUT2D eigenvalue weighted by Crippen LogP contribution is -2.20. The Bertz CT molecular complexity index is 482. The molecule has 0 bridgehead atoms. The van der Waals surface area contributed by atoms with E-state index in [0.717, 1.165) is 24.3 Å².